The lowest BCUT2D eigenvalue weighted by atomic mass is 9.77. The van der Waals surface area contributed by atoms with Gasteiger partial charge in [-0.05, 0) is 57.7 Å². The van der Waals surface area contributed by atoms with Crippen LogP contribution in [0.25, 0.3) is 10.8 Å². The average molecular weight is 268 g/mol. The molecule has 0 aromatic heterocycles. The molecule has 2 aromatic carbocycles. The summed E-state index contributed by atoms with van der Waals surface area (Å²) in [6.07, 6.45) is 0. The van der Waals surface area contributed by atoms with Crippen molar-refractivity contribution in [1.29, 1.82) is 0 Å². The van der Waals surface area contributed by atoms with Crippen molar-refractivity contribution in [2.75, 3.05) is 0 Å². The van der Waals surface area contributed by atoms with Gasteiger partial charge in [0, 0.05) is 0 Å². The van der Waals surface area contributed by atoms with E-state index in [0.29, 0.717) is 17.8 Å². The van der Waals surface area contributed by atoms with Crippen molar-refractivity contribution in [3.8, 4) is 0 Å². The van der Waals surface area contributed by atoms with Crippen LogP contribution in [0.1, 0.15) is 81.5 Å². The third-order valence-corrected chi connectivity index (χ3v) is 4.34. The van der Waals surface area contributed by atoms with Crippen molar-refractivity contribution in [3.63, 3.8) is 0 Å². The number of hydrogen-bond acceptors (Lipinski definition) is 0. The largest absolute Gasteiger partial charge is 0.0616 e. The molecule has 0 fully saturated rings. The second-order valence-corrected chi connectivity index (χ2v) is 6.88. The molecular weight excluding hydrogens is 240 g/mol. The van der Waals surface area contributed by atoms with Gasteiger partial charge < -0.3 is 0 Å². The van der Waals surface area contributed by atoms with Gasteiger partial charge in [-0.1, -0.05) is 65.8 Å². The number of benzene rings is 2. The van der Waals surface area contributed by atoms with E-state index >= 15 is 0 Å². The van der Waals surface area contributed by atoms with Gasteiger partial charge in [-0.25, -0.2) is 0 Å². The normalized spacial score (nSPS) is 12.1. The van der Waals surface area contributed by atoms with Crippen LogP contribution in [0.3, 0.4) is 0 Å². The molecule has 108 valence electrons. The minimum Gasteiger partial charge on any atom is -0.0616 e. The summed E-state index contributed by atoms with van der Waals surface area (Å²) in [6, 6.07) is 8.92. The molecule has 0 amide bonds. The first-order valence-electron chi connectivity index (χ1n) is 7.91. The third-order valence-electron chi connectivity index (χ3n) is 4.34. The first-order valence-corrected chi connectivity index (χ1v) is 7.91. The quantitative estimate of drug-likeness (QED) is 0.594. The van der Waals surface area contributed by atoms with E-state index in [0.717, 1.165) is 0 Å². The topological polar surface area (TPSA) is 0 Å². The highest BCUT2D eigenvalue weighted by Crippen LogP contribution is 2.41. The van der Waals surface area contributed by atoms with Crippen LogP contribution in [0.15, 0.2) is 24.3 Å². The number of aryl methyl sites for hydroxylation is 1. The van der Waals surface area contributed by atoms with Crippen LogP contribution in [0, 0.1) is 6.92 Å². The van der Waals surface area contributed by atoms with Crippen molar-refractivity contribution < 1.29 is 0 Å². The SMILES string of the molecule is Cc1c(C(C)C)c(C(C)C)c(C(C)C)c2ccccc12. The Balaban J connectivity index is 3.03. The molecular formula is C20H28. The average Bonchev–Trinajstić information content (AvgIpc) is 2.37. The van der Waals surface area contributed by atoms with Gasteiger partial charge in [-0.2, -0.15) is 0 Å². The second-order valence-electron chi connectivity index (χ2n) is 6.88. The first kappa shape index (κ1) is 15.1. The van der Waals surface area contributed by atoms with Gasteiger partial charge in [-0.3, -0.25) is 0 Å². The predicted octanol–water partition coefficient (Wildman–Crippen LogP) is 6.52. The van der Waals surface area contributed by atoms with Crippen molar-refractivity contribution in [2.24, 2.45) is 0 Å². The smallest absolute Gasteiger partial charge is 0.0144 e. The molecule has 0 aliphatic carbocycles. The molecule has 0 unspecified atom stereocenters. The molecule has 0 radical (unpaired) electrons. The monoisotopic (exact) mass is 268 g/mol. The Morgan fingerprint density at radius 2 is 1.05 bits per heavy atom. The molecule has 0 spiro atoms. The van der Waals surface area contributed by atoms with Crippen LogP contribution in [-0.4, -0.2) is 0 Å². The van der Waals surface area contributed by atoms with Crippen LogP contribution in [0.5, 0.6) is 0 Å². The molecule has 0 saturated carbocycles. The van der Waals surface area contributed by atoms with Crippen molar-refractivity contribution >= 4 is 10.8 Å². The lowest BCUT2D eigenvalue weighted by Gasteiger charge is -2.27. The molecule has 20 heavy (non-hydrogen) atoms. The van der Waals surface area contributed by atoms with Crippen LogP contribution in [0.2, 0.25) is 0 Å². The maximum absolute atomic E-state index is 2.33. The molecule has 2 rings (SSSR count). The van der Waals surface area contributed by atoms with Gasteiger partial charge in [0.05, 0.1) is 0 Å². The zero-order valence-corrected chi connectivity index (χ0v) is 14.0. The van der Waals surface area contributed by atoms with Crippen molar-refractivity contribution in [1.82, 2.24) is 0 Å². The van der Waals surface area contributed by atoms with Crippen molar-refractivity contribution in [2.45, 2.75) is 66.2 Å². The summed E-state index contributed by atoms with van der Waals surface area (Å²) in [5, 5.41) is 2.89. The molecule has 0 aliphatic rings. The number of hydrogen-bond donors (Lipinski definition) is 0. The molecule has 0 saturated heterocycles. The highest BCUT2D eigenvalue weighted by Gasteiger charge is 2.22. The van der Waals surface area contributed by atoms with E-state index in [1.54, 1.807) is 16.7 Å². The molecule has 0 bridgehead atoms. The highest BCUT2D eigenvalue weighted by molar-refractivity contribution is 5.91. The summed E-state index contributed by atoms with van der Waals surface area (Å²) in [6.45, 7) is 16.3. The van der Waals surface area contributed by atoms with E-state index in [9.17, 15) is 0 Å². The Hall–Kier alpha value is -1.30. The molecule has 0 N–H and O–H groups in total. The zero-order valence-electron chi connectivity index (χ0n) is 14.0. The van der Waals surface area contributed by atoms with E-state index < -0.39 is 0 Å². The van der Waals surface area contributed by atoms with Gasteiger partial charge >= 0.3 is 0 Å². The standard InChI is InChI=1S/C20H28/c1-12(2)18-15(7)16-10-8-9-11-17(16)19(13(3)4)20(18)14(5)6/h8-14H,1-7H3. The molecule has 0 nitrogen and oxygen atoms in total. The second kappa shape index (κ2) is 5.60. The summed E-state index contributed by atoms with van der Waals surface area (Å²) in [7, 11) is 0. The van der Waals surface area contributed by atoms with Gasteiger partial charge in [0.2, 0.25) is 0 Å². The van der Waals surface area contributed by atoms with E-state index in [1.165, 1.54) is 16.3 Å². The van der Waals surface area contributed by atoms with Crippen LogP contribution in [-0.2, 0) is 0 Å². The van der Waals surface area contributed by atoms with E-state index in [-0.39, 0.29) is 0 Å². The van der Waals surface area contributed by atoms with Gasteiger partial charge in [0.15, 0.2) is 0 Å². The Morgan fingerprint density at radius 1 is 0.600 bits per heavy atom. The predicted molar refractivity (Wildman–Crippen MR) is 91.0 cm³/mol. The van der Waals surface area contributed by atoms with Gasteiger partial charge in [0.25, 0.3) is 0 Å². The highest BCUT2D eigenvalue weighted by atomic mass is 14.3. The first-order chi connectivity index (χ1) is 9.36. The maximum atomic E-state index is 2.33. The molecule has 0 atom stereocenters. The van der Waals surface area contributed by atoms with Crippen LogP contribution >= 0.6 is 0 Å². The summed E-state index contributed by atoms with van der Waals surface area (Å²) >= 11 is 0. The molecule has 0 heteroatoms. The fourth-order valence-electron chi connectivity index (χ4n) is 3.67. The van der Waals surface area contributed by atoms with Crippen molar-refractivity contribution in [3.05, 3.63) is 46.5 Å². The van der Waals surface area contributed by atoms with Gasteiger partial charge in [0.1, 0.15) is 0 Å². The molecule has 0 aliphatic heterocycles. The number of fused-ring (bicyclic) bond motifs is 1. The molecule has 0 heterocycles. The minimum atomic E-state index is 0.565. The number of rotatable bonds is 3. The summed E-state index contributed by atoms with van der Waals surface area (Å²) in [5.74, 6) is 1.72. The maximum Gasteiger partial charge on any atom is -0.0144 e. The fraction of sp³-hybridized carbons (Fsp3) is 0.500. The Labute approximate surface area is 124 Å². The van der Waals surface area contributed by atoms with E-state index in [1.807, 2.05) is 0 Å². The third kappa shape index (κ3) is 2.37. The Bertz CT molecular complexity index is 615. The van der Waals surface area contributed by atoms with Gasteiger partial charge in [-0.15, -0.1) is 0 Å². The van der Waals surface area contributed by atoms with E-state index in [2.05, 4.69) is 72.7 Å². The minimum absolute atomic E-state index is 0.565. The Kier molecular flexibility index (Phi) is 4.22. The Morgan fingerprint density at radius 3 is 1.50 bits per heavy atom. The summed E-state index contributed by atoms with van der Waals surface area (Å²) in [5.41, 5.74) is 6.20. The van der Waals surface area contributed by atoms with E-state index in [4.69, 9.17) is 0 Å². The van der Waals surface area contributed by atoms with Crippen LogP contribution in [0.4, 0.5) is 0 Å². The summed E-state index contributed by atoms with van der Waals surface area (Å²) < 4.78 is 0. The summed E-state index contributed by atoms with van der Waals surface area (Å²) in [4.78, 5) is 0. The van der Waals surface area contributed by atoms with Crippen LogP contribution < -0.4 is 0 Å². The fourth-order valence-corrected chi connectivity index (χ4v) is 3.67. The lowest BCUT2D eigenvalue weighted by molar-refractivity contribution is 0.750. The zero-order chi connectivity index (χ0) is 15.0. The lowest BCUT2D eigenvalue weighted by Crippen LogP contribution is -2.09. The molecule has 2 aromatic rings.